The highest BCUT2D eigenvalue weighted by Gasteiger charge is 2.22. The van der Waals surface area contributed by atoms with Gasteiger partial charge in [-0.15, -0.1) is 0 Å². The Morgan fingerprint density at radius 3 is 2.92 bits per heavy atom. The Hall–Kier alpha value is -2.25. The number of aryl methyl sites for hydroxylation is 1. The molecule has 2 aromatic heterocycles. The van der Waals surface area contributed by atoms with E-state index in [1.54, 1.807) is 4.52 Å². The van der Waals surface area contributed by atoms with Gasteiger partial charge in [0.2, 0.25) is 0 Å². The number of hydrogen-bond donors (Lipinski definition) is 1. The van der Waals surface area contributed by atoms with Crippen LogP contribution in [0.4, 0.5) is 0 Å². The number of ether oxygens (including phenoxy) is 1. The third kappa shape index (κ3) is 3.24. The van der Waals surface area contributed by atoms with Gasteiger partial charge >= 0.3 is 0 Å². The number of fused-ring (bicyclic) bond motifs is 1. The number of halogens is 1. The van der Waals surface area contributed by atoms with Crippen LogP contribution < -0.4 is 5.32 Å². The van der Waals surface area contributed by atoms with E-state index in [9.17, 15) is 4.79 Å². The third-order valence-electron chi connectivity index (χ3n) is 4.51. The summed E-state index contributed by atoms with van der Waals surface area (Å²) in [5, 5.41) is 7.36. The minimum absolute atomic E-state index is 0.0966. The lowest BCUT2D eigenvalue weighted by molar-refractivity contribution is 0.0853. The van der Waals surface area contributed by atoms with Crippen molar-refractivity contribution < 1.29 is 9.53 Å². The van der Waals surface area contributed by atoms with Gasteiger partial charge in [0, 0.05) is 24.4 Å². The summed E-state index contributed by atoms with van der Waals surface area (Å²) in [6, 6.07) is 11.9. The molecule has 1 aromatic carbocycles. The highest BCUT2D eigenvalue weighted by Crippen LogP contribution is 2.26. The molecule has 26 heavy (non-hydrogen) atoms. The molecular formula is C19H19BrN4O2. The van der Waals surface area contributed by atoms with E-state index in [1.165, 1.54) is 0 Å². The van der Waals surface area contributed by atoms with Crippen LogP contribution in [0, 0.1) is 6.92 Å². The Labute approximate surface area is 159 Å². The first-order valence-corrected chi connectivity index (χ1v) is 9.44. The summed E-state index contributed by atoms with van der Waals surface area (Å²) < 4.78 is 7.84. The molecule has 1 atom stereocenters. The van der Waals surface area contributed by atoms with E-state index in [4.69, 9.17) is 9.72 Å². The second-order valence-corrected chi connectivity index (χ2v) is 7.18. The molecule has 134 valence electrons. The van der Waals surface area contributed by atoms with Crippen molar-refractivity contribution in [2.75, 3.05) is 13.2 Å². The maximum absolute atomic E-state index is 12.6. The van der Waals surface area contributed by atoms with Gasteiger partial charge in [-0.05, 0) is 41.8 Å². The number of aromatic nitrogens is 3. The quantitative estimate of drug-likeness (QED) is 0.710. The van der Waals surface area contributed by atoms with Crippen molar-refractivity contribution in [1.29, 1.82) is 0 Å². The van der Waals surface area contributed by atoms with Crippen LogP contribution in [0.1, 0.15) is 29.0 Å². The molecule has 4 rings (SSSR count). The second kappa shape index (κ2) is 7.17. The summed E-state index contributed by atoms with van der Waals surface area (Å²) in [6.07, 6.45) is 2.12. The molecule has 0 saturated carbocycles. The first-order chi connectivity index (χ1) is 12.6. The number of rotatable bonds is 4. The number of nitrogens with one attached hydrogen (secondary N) is 1. The fourth-order valence-corrected chi connectivity index (χ4v) is 3.65. The number of carbonyl (C=O) groups is 1. The summed E-state index contributed by atoms with van der Waals surface area (Å²) >= 11 is 3.51. The maximum atomic E-state index is 12.6. The smallest absolute Gasteiger partial charge is 0.273 e. The van der Waals surface area contributed by atoms with Crippen LogP contribution in [-0.4, -0.2) is 39.8 Å². The van der Waals surface area contributed by atoms with E-state index < -0.39 is 0 Å². The predicted octanol–water partition coefficient (Wildman–Crippen LogP) is 3.38. The van der Waals surface area contributed by atoms with Crippen molar-refractivity contribution in [3.05, 3.63) is 52.3 Å². The minimum atomic E-state index is -0.224. The molecule has 3 heterocycles. The molecule has 1 fully saturated rings. The molecule has 1 saturated heterocycles. The minimum Gasteiger partial charge on any atom is -0.376 e. The highest BCUT2D eigenvalue weighted by molar-refractivity contribution is 9.10. The molecule has 0 aliphatic carbocycles. The first-order valence-electron chi connectivity index (χ1n) is 8.64. The lowest BCUT2D eigenvalue weighted by Crippen LogP contribution is -2.32. The normalized spacial score (nSPS) is 16.9. The molecule has 1 aliphatic heterocycles. The van der Waals surface area contributed by atoms with Crippen LogP contribution in [0.2, 0.25) is 0 Å². The predicted molar refractivity (Wildman–Crippen MR) is 102 cm³/mol. The second-order valence-electron chi connectivity index (χ2n) is 6.39. The van der Waals surface area contributed by atoms with E-state index in [-0.39, 0.29) is 12.0 Å². The topological polar surface area (TPSA) is 68.5 Å². The van der Waals surface area contributed by atoms with Gasteiger partial charge in [-0.1, -0.05) is 30.3 Å². The summed E-state index contributed by atoms with van der Waals surface area (Å²) in [7, 11) is 0. The van der Waals surface area contributed by atoms with Crippen LogP contribution in [0.5, 0.6) is 0 Å². The standard InChI is InChI=1S/C19H19BrN4O2/c1-12-10-15(13-6-3-2-4-7-13)22-18-16(20)17(23-24(12)18)19(25)21-11-14-8-5-9-26-14/h2-4,6-7,10,14H,5,8-9,11H2,1H3,(H,21,25)/t14-/m1/s1. The van der Waals surface area contributed by atoms with Crippen molar-refractivity contribution in [2.24, 2.45) is 0 Å². The zero-order valence-electron chi connectivity index (χ0n) is 14.4. The van der Waals surface area contributed by atoms with E-state index in [1.807, 2.05) is 43.3 Å². The molecule has 0 unspecified atom stereocenters. The van der Waals surface area contributed by atoms with E-state index in [2.05, 4.69) is 26.3 Å². The summed E-state index contributed by atoms with van der Waals surface area (Å²) in [5.41, 5.74) is 3.75. The van der Waals surface area contributed by atoms with Gasteiger partial charge in [0.1, 0.15) is 0 Å². The monoisotopic (exact) mass is 414 g/mol. The molecule has 7 heteroatoms. The average molecular weight is 415 g/mol. The van der Waals surface area contributed by atoms with Crippen molar-refractivity contribution in [3.8, 4) is 11.3 Å². The molecule has 1 amide bonds. The zero-order valence-corrected chi connectivity index (χ0v) is 16.0. The van der Waals surface area contributed by atoms with Crippen LogP contribution >= 0.6 is 15.9 Å². The Kier molecular flexibility index (Phi) is 4.74. The van der Waals surface area contributed by atoms with Gasteiger partial charge in [-0.3, -0.25) is 4.79 Å². The van der Waals surface area contributed by atoms with Gasteiger partial charge in [0.15, 0.2) is 11.3 Å². The van der Waals surface area contributed by atoms with Gasteiger partial charge in [-0.2, -0.15) is 5.10 Å². The molecule has 0 spiro atoms. The molecular weight excluding hydrogens is 396 g/mol. The fourth-order valence-electron chi connectivity index (χ4n) is 3.14. The van der Waals surface area contributed by atoms with E-state index >= 15 is 0 Å². The van der Waals surface area contributed by atoms with E-state index in [0.29, 0.717) is 22.4 Å². The van der Waals surface area contributed by atoms with Gasteiger partial charge in [0.25, 0.3) is 5.91 Å². The third-order valence-corrected chi connectivity index (χ3v) is 5.24. The Bertz CT molecular complexity index is 949. The Balaban J connectivity index is 1.65. The first kappa shape index (κ1) is 17.2. The van der Waals surface area contributed by atoms with Gasteiger partial charge in [-0.25, -0.2) is 9.50 Å². The Morgan fingerprint density at radius 2 is 2.19 bits per heavy atom. The number of benzene rings is 1. The molecule has 3 aromatic rings. The summed E-state index contributed by atoms with van der Waals surface area (Å²) in [5.74, 6) is -0.224. The summed E-state index contributed by atoms with van der Waals surface area (Å²) in [6.45, 7) is 3.22. The summed E-state index contributed by atoms with van der Waals surface area (Å²) in [4.78, 5) is 17.3. The van der Waals surface area contributed by atoms with Gasteiger partial charge < -0.3 is 10.1 Å². The molecule has 0 radical (unpaired) electrons. The lowest BCUT2D eigenvalue weighted by atomic mass is 10.1. The fraction of sp³-hybridized carbons (Fsp3) is 0.316. The molecule has 6 nitrogen and oxygen atoms in total. The van der Waals surface area contributed by atoms with Crippen LogP contribution in [-0.2, 0) is 4.74 Å². The lowest BCUT2D eigenvalue weighted by Gasteiger charge is -2.09. The van der Waals surface area contributed by atoms with Crippen molar-refractivity contribution in [1.82, 2.24) is 19.9 Å². The van der Waals surface area contributed by atoms with Gasteiger partial charge in [0.05, 0.1) is 16.3 Å². The van der Waals surface area contributed by atoms with Crippen LogP contribution in [0.15, 0.2) is 40.9 Å². The molecule has 1 aliphatic rings. The Morgan fingerprint density at radius 1 is 1.38 bits per heavy atom. The molecule has 0 bridgehead atoms. The van der Waals surface area contributed by atoms with Crippen molar-refractivity contribution in [3.63, 3.8) is 0 Å². The molecule has 1 N–H and O–H groups in total. The van der Waals surface area contributed by atoms with Crippen LogP contribution in [0.25, 0.3) is 16.9 Å². The SMILES string of the molecule is Cc1cc(-c2ccccc2)nc2c(Br)c(C(=O)NC[C@H]3CCCO3)nn12. The van der Waals surface area contributed by atoms with Crippen molar-refractivity contribution >= 4 is 27.5 Å². The zero-order chi connectivity index (χ0) is 18.1. The number of hydrogen-bond acceptors (Lipinski definition) is 4. The number of nitrogens with zero attached hydrogens (tertiary/aromatic N) is 3. The largest absolute Gasteiger partial charge is 0.376 e. The highest BCUT2D eigenvalue weighted by atomic mass is 79.9. The van der Waals surface area contributed by atoms with Crippen molar-refractivity contribution in [2.45, 2.75) is 25.9 Å². The van der Waals surface area contributed by atoms with Crippen LogP contribution in [0.3, 0.4) is 0 Å². The maximum Gasteiger partial charge on any atom is 0.273 e. The number of amides is 1. The average Bonchev–Trinajstić information content (AvgIpc) is 3.29. The number of carbonyl (C=O) groups excluding carboxylic acids is 1. The van der Waals surface area contributed by atoms with E-state index in [0.717, 1.165) is 36.4 Å².